The summed E-state index contributed by atoms with van der Waals surface area (Å²) in [6, 6.07) is 24.4. The Labute approximate surface area is 180 Å². The lowest BCUT2D eigenvalue weighted by atomic mass is 9.64. The SMILES string of the molecule is CCC1C(c2ccc(OC)cc2)Cc2ccc(OC)cc2C1Cc1ccc(C)cc1. The molecule has 0 amide bonds. The fourth-order valence-electron chi connectivity index (χ4n) is 5.16. The van der Waals surface area contributed by atoms with E-state index in [9.17, 15) is 0 Å². The molecule has 0 aromatic heterocycles. The minimum Gasteiger partial charge on any atom is -0.497 e. The van der Waals surface area contributed by atoms with Gasteiger partial charge < -0.3 is 9.47 Å². The average Bonchev–Trinajstić information content (AvgIpc) is 2.80. The summed E-state index contributed by atoms with van der Waals surface area (Å²) in [6.45, 7) is 4.49. The van der Waals surface area contributed by atoms with Crippen LogP contribution in [0.4, 0.5) is 0 Å². The van der Waals surface area contributed by atoms with Crippen LogP contribution >= 0.6 is 0 Å². The van der Waals surface area contributed by atoms with Crippen molar-refractivity contribution in [3.05, 3.63) is 94.5 Å². The van der Waals surface area contributed by atoms with Crippen molar-refractivity contribution in [1.82, 2.24) is 0 Å². The maximum Gasteiger partial charge on any atom is 0.119 e. The van der Waals surface area contributed by atoms with Crippen molar-refractivity contribution in [2.24, 2.45) is 5.92 Å². The van der Waals surface area contributed by atoms with Crippen molar-refractivity contribution >= 4 is 0 Å². The molecule has 0 saturated carbocycles. The maximum atomic E-state index is 5.59. The normalized spacial score (nSPS) is 20.5. The fraction of sp³-hybridized carbons (Fsp3) is 0.357. The van der Waals surface area contributed by atoms with Gasteiger partial charge in [-0.3, -0.25) is 0 Å². The first-order valence-corrected chi connectivity index (χ1v) is 11.0. The van der Waals surface area contributed by atoms with Gasteiger partial charge in [0.1, 0.15) is 11.5 Å². The number of aryl methyl sites for hydroxylation is 1. The fourth-order valence-corrected chi connectivity index (χ4v) is 5.16. The summed E-state index contributed by atoms with van der Waals surface area (Å²) in [6.07, 6.45) is 3.30. The topological polar surface area (TPSA) is 18.5 Å². The number of methoxy groups -OCH3 is 2. The van der Waals surface area contributed by atoms with Gasteiger partial charge in [-0.25, -0.2) is 0 Å². The highest BCUT2D eigenvalue weighted by molar-refractivity contribution is 5.44. The molecule has 0 saturated heterocycles. The predicted molar refractivity (Wildman–Crippen MR) is 124 cm³/mol. The molecule has 0 aliphatic heterocycles. The molecule has 0 bridgehead atoms. The Bertz CT molecular complexity index is 973. The first-order chi connectivity index (χ1) is 14.6. The van der Waals surface area contributed by atoms with E-state index in [1.54, 1.807) is 14.2 Å². The lowest BCUT2D eigenvalue weighted by Crippen LogP contribution is -2.29. The Kier molecular flexibility index (Phi) is 6.13. The van der Waals surface area contributed by atoms with E-state index in [-0.39, 0.29) is 0 Å². The van der Waals surface area contributed by atoms with E-state index >= 15 is 0 Å². The van der Waals surface area contributed by atoms with E-state index in [1.165, 1.54) is 27.8 Å². The molecule has 4 rings (SSSR count). The van der Waals surface area contributed by atoms with Gasteiger partial charge in [-0.05, 0) is 84.0 Å². The average molecular weight is 401 g/mol. The molecule has 30 heavy (non-hydrogen) atoms. The minimum absolute atomic E-state index is 0.476. The number of hydrogen-bond donors (Lipinski definition) is 0. The lowest BCUT2D eigenvalue weighted by molar-refractivity contribution is 0.310. The molecule has 1 aliphatic rings. The zero-order valence-corrected chi connectivity index (χ0v) is 18.5. The first kappa shape index (κ1) is 20.5. The van der Waals surface area contributed by atoms with Crippen LogP contribution in [0.3, 0.4) is 0 Å². The van der Waals surface area contributed by atoms with Crippen molar-refractivity contribution in [2.45, 2.75) is 44.9 Å². The van der Waals surface area contributed by atoms with Crippen LogP contribution in [0.15, 0.2) is 66.7 Å². The van der Waals surface area contributed by atoms with Crippen LogP contribution in [0.2, 0.25) is 0 Å². The van der Waals surface area contributed by atoms with Crippen LogP contribution < -0.4 is 9.47 Å². The summed E-state index contributed by atoms with van der Waals surface area (Å²) in [5.74, 6) is 3.45. The Morgan fingerprint density at radius 2 is 1.50 bits per heavy atom. The number of ether oxygens (including phenoxy) is 2. The molecule has 0 fully saturated rings. The summed E-state index contributed by atoms with van der Waals surface area (Å²) < 4.78 is 11.0. The third-order valence-electron chi connectivity index (χ3n) is 6.82. The molecule has 156 valence electrons. The monoisotopic (exact) mass is 400 g/mol. The molecule has 2 nitrogen and oxygen atoms in total. The highest BCUT2D eigenvalue weighted by Crippen LogP contribution is 2.48. The Morgan fingerprint density at radius 1 is 0.833 bits per heavy atom. The van der Waals surface area contributed by atoms with E-state index in [0.717, 1.165) is 30.8 Å². The van der Waals surface area contributed by atoms with Crippen LogP contribution in [0.5, 0.6) is 11.5 Å². The molecule has 3 atom stereocenters. The standard InChI is InChI=1S/C28H32O2/c1-5-25-26(21-10-13-23(29-3)14-11-21)17-22-12-15-24(30-4)18-27(22)28(25)16-20-8-6-19(2)7-9-20/h6-15,18,25-26,28H,5,16-17H2,1-4H3. The van der Waals surface area contributed by atoms with Crippen molar-refractivity contribution in [2.75, 3.05) is 14.2 Å². The van der Waals surface area contributed by atoms with Crippen molar-refractivity contribution in [1.29, 1.82) is 0 Å². The molecule has 0 spiro atoms. The molecule has 0 N–H and O–H groups in total. The third-order valence-corrected chi connectivity index (χ3v) is 6.82. The molecule has 3 aromatic rings. The van der Waals surface area contributed by atoms with Gasteiger partial charge in [0.15, 0.2) is 0 Å². The molecular weight excluding hydrogens is 368 g/mol. The molecule has 3 aromatic carbocycles. The lowest BCUT2D eigenvalue weighted by Gasteiger charge is -2.40. The summed E-state index contributed by atoms with van der Waals surface area (Å²) in [4.78, 5) is 0. The van der Waals surface area contributed by atoms with Crippen molar-refractivity contribution < 1.29 is 9.47 Å². The summed E-state index contributed by atoms with van der Waals surface area (Å²) in [7, 11) is 3.49. The summed E-state index contributed by atoms with van der Waals surface area (Å²) in [5, 5.41) is 0. The maximum absolute atomic E-state index is 5.59. The smallest absolute Gasteiger partial charge is 0.119 e. The van der Waals surface area contributed by atoms with E-state index in [4.69, 9.17) is 9.47 Å². The molecule has 1 aliphatic carbocycles. The Hall–Kier alpha value is -2.74. The predicted octanol–water partition coefficient (Wildman–Crippen LogP) is 6.70. The number of benzene rings is 3. The van der Waals surface area contributed by atoms with Gasteiger partial charge in [-0.2, -0.15) is 0 Å². The van der Waals surface area contributed by atoms with E-state index in [1.807, 2.05) is 0 Å². The summed E-state index contributed by atoms with van der Waals surface area (Å²) >= 11 is 0. The highest BCUT2D eigenvalue weighted by atomic mass is 16.5. The number of hydrogen-bond acceptors (Lipinski definition) is 2. The molecule has 0 heterocycles. The molecular formula is C28H32O2. The third kappa shape index (κ3) is 4.09. The largest absolute Gasteiger partial charge is 0.497 e. The van der Waals surface area contributed by atoms with Crippen molar-refractivity contribution in [3.8, 4) is 11.5 Å². The summed E-state index contributed by atoms with van der Waals surface area (Å²) in [5.41, 5.74) is 7.06. The second-order valence-corrected chi connectivity index (χ2v) is 8.52. The van der Waals surface area contributed by atoms with Gasteiger partial charge in [0.2, 0.25) is 0 Å². The van der Waals surface area contributed by atoms with E-state index in [0.29, 0.717) is 17.8 Å². The van der Waals surface area contributed by atoms with Crippen LogP contribution in [-0.4, -0.2) is 14.2 Å². The van der Waals surface area contributed by atoms with Crippen molar-refractivity contribution in [3.63, 3.8) is 0 Å². The molecule has 3 unspecified atom stereocenters. The minimum atomic E-state index is 0.476. The highest BCUT2D eigenvalue weighted by Gasteiger charge is 2.36. The van der Waals surface area contributed by atoms with Gasteiger partial charge in [0.05, 0.1) is 14.2 Å². The van der Waals surface area contributed by atoms with Gasteiger partial charge in [-0.1, -0.05) is 61.4 Å². The zero-order chi connectivity index (χ0) is 21.1. The van der Waals surface area contributed by atoms with Crippen LogP contribution in [0.25, 0.3) is 0 Å². The second kappa shape index (κ2) is 8.95. The first-order valence-electron chi connectivity index (χ1n) is 11.0. The van der Waals surface area contributed by atoms with Crippen LogP contribution in [0, 0.1) is 12.8 Å². The van der Waals surface area contributed by atoms with Crippen LogP contribution in [0.1, 0.15) is 53.0 Å². The number of rotatable bonds is 6. The Balaban J connectivity index is 1.76. The van der Waals surface area contributed by atoms with Gasteiger partial charge in [0.25, 0.3) is 0 Å². The van der Waals surface area contributed by atoms with Gasteiger partial charge in [-0.15, -0.1) is 0 Å². The van der Waals surface area contributed by atoms with Crippen LogP contribution in [-0.2, 0) is 12.8 Å². The van der Waals surface area contributed by atoms with Gasteiger partial charge >= 0.3 is 0 Å². The second-order valence-electron chi connectivity index (χ2n) is 8.52. The number of fused-ring (bicyclic) bond motifs is 1. The molecule has 0 radical (unpaired) electrons. The van der Waals surface area contributed by atoms with E-state index < -0.39 is 0 Å². The zero-order valence-electron chi connectivity index (χ0n) is 18.5. The van der Waals surface area contributed by atoms with Gasteiger partial charge in [0, 0.05) is 0 Å². The quantitative estimate of drug-likeness (QED) is 0.458. The molecule has 2 heteroatoms. The van der Waals surface area contributed by atoms with E-state index in [2.05, 4.69) is 80.6 Å². The Morgan fingerprint density at radius 3 is 2.13 bits per heavy atom.